The summed E-state index contributed by atoms with van der Waals surface area (Å²) in [6.07, 6.45) is -0.391. The Kier molecular flexibility index (Phi) is 5.60. The Hall–Kier alpha value is -3.67. The van der Waals surface area contributed by atoms with Gasteiger partial charge in [0, 0.05) is 16.1 Å². The van der Waals surface area contributed by atoms with Crippen molar-refractivity contribution in [3.63, 3.8) is 0 Å². The summed E-state index contributed by atoms with van der Waals surface area (Å²) in [5, 5.41) is 14.1. The number of anilines is 1. The SMILES string of the molecule is COc1ccc(C(=O)C[C@@]2(O)C(=O)N(Cc3cccc4ccccc34)c3ccc(Cl)cc32)cc1. The van der Waals surface area contributed by atoms with Crippen molar-refractivity contribution >= 4 is 39.8 Å². The molecular formula is C28H22ClNO4. The van der Waals surface area contributed by atoms with Crippen LogP contribution in [0.5, 0.6) is 5.75 Å². The Morgan fingerprint density at radius 3 is 2.50 bits per heavy atom. The molecule has 1 aliphatic rings. The molecule has 0 spiro atoms. The summed E-state index contributed by atoms with van der Waals surface area (Å²) in [4.78, 5) is 28.3. The van der Waals surface area contributed by atoms with Crippen molar-refractivity contribution in [3.8, 4) is 5.75 Å². The summed E-state index contributed by atoms with van der Waals surface area (Å²) in [5.74, 6) is -0.276. The molecule has 0 aliphatic carbocycles. The molecule has 1 N–H and O–H groups in total. The highest BCUT2D eigenvalue weighted by molar-refractivity contribution is 6.31. The maximum absolute atomic E-state index is 13.7. The summed E-state index contributed by atoms with van der Waals surface area (Å²) >= 11 is 6.23. The second kappa shape index (κ2) is 8.60. The third-order valence-electron chi connectivity index (χ3n) is 6.33. The van der Waals surface area contributed by atoms with Crippen LogP contribution >= 0.6 is 11.6 Å². The lowest BCUT2D eigenvalue weighted by Crippen LogP contribution is -2.41. The van der Waals surface area contributed by atoms with Gasteiger partial charge in [-0.05, 0) is 58.8 Å². The van der Waals surface area contributed by atoms with Crippen LogP contribution in [0.2, 0.25) is 5.02 Å². The number of aliphatic hydroxyl groups is 1. The van der Waals surface area contributed by atoms with E-state index in [1.165, 1.54) is 4.90 Å². The van der Waals surface area contributed by atoms with E-state index in [0.717, 1.165) is 16.3 Å². The van der Waals surface area contributed by atoms with Crippen LogP contribution < -0.4 is 9.64 Å². The smallest absolute Gasteiger partial charge is 0.264 e. The number of hydrogen-bond acceptors (Lipinski definition) is 4. The fourth-order valence-corrected chi connectivity index (χ4v) is 4.73. The van der Waals surface area contributed by atoms with Gasteiger partial charge < -0.3 is 14.7 Å². The van der Waals surface area contributed by atoms with E-state index in [4.69, 9.17) is 16.3 Å². The zero-order valence-electron chi connectivity index (χ0n) is 18.5. The van der Waals surface area contributed by atoms with Gasteiger partial charge >= 0.3 is 0 Å². The monoisotopic (exact) mass is 471 g/mol. The number of ether oxygens (including phenoxy) is 1. The molecule has 4 aromatic carbocycles. The summed E-state index contributed by atoms with van der Waals surface area (Å²) in [6.45, 7) is 0.258. The van der Waals surface area contributed by atoms with Gasteiger partial charge in [0.25, 0.3) is 5.91 Å². The normalized spacial score (nSPS) is 17.1. The van der Waals surface area contributed by atoms with Gasteiger partial charge in [-0.2, -0.15) is 0 Å². The highest BCUT2D eigenvalue weighted by Gasteiger charge is 2.51. The van der Waals surface area contributed by atoms with Crippen LogP contribution in [0.1, 0.15) is 27.9 Å². The van der Waals surface area contributed by atoms with Crippen molar-refractivity contribution in [1.29, 1.82) is 0 Å². The van der Waals surface area contributed by atoms with Crippen LogP contribution in [0, 0.1) is 0 Å². The molecule has 0 radical (unpaired) electrons. The van der Waals surface area contributed by atoms with E-state index in [1.54, 1.807) is 49.6 Å². The van der Waals surface area contributed by atoms with E-state index in [0.29, 0.717) is 27.6 Å². The number of methoxy groups -OCH3 is 1. The number of carbonyl (C=O) groups excluding carboxylic acids is 2. The van der Waals surface area contributed by atoms with Gasteiger partial charge in [-0.3, -0.25) is 9.59 Å². The molecule has 0 fully saturated rings. The largest absolute Gasteiger partial charge is 0.497 e. The van der Waals surface area contributed by atoms with Gasteiger partial charge in [0.1, 0.15) is 5.75 Å². The third-order valence-corrected chi connectivity index (χ3v) is 6.57. The molecule has 170 valence electrons. The molecule has 0 unspecified atom stereocenters. The van der Waals surface area contributed by atoms with Crippen molar-refractivity contribution in [1.82, 2.24) is 0 Å². The van der Waals surface area contributed by atoms with Crippen molar-refractivity contribution in [2.75, 3.05) is 12.0 Å². The molecule has 1 atom stereocenters. The molecule has 1 heterocycles. The fraction of sp³-hybridized carbons (Fsp3) is 0.143. The van der Waals surface area contributed by atoms with E-state index in [-0.39, 0.29) is 12.3 Å². The van der Waals surface area contributed by atoms with Gasteiger partial charge in [-0.1, -0.05) is 54.1 Å². The summed E-state index contributed by atoms with van der Waals surface area (Å²) in [5.41, 5.74) is 0.206. The summed E-state index contributed by atoms with van der Waals surface area (Å²) in [7, 11) is 1.54. The Morgan fingerprint density at radius 2 is 1.74 bits per heavy atom. The molecule has 5 rings (SSSR count). The van der Waals surface area contributed by atoms with Crippen molar-refractivity contribution < 1.29 is 19.4 Å². The number of fused-ring (bicyclic) bond motifs is 2. The minimum atomic E-state index is -2.01. The lowest BCUT2D eigenvalue weighted by Gasteiger charge is -2.23. The third kappa shape index (κ3) is 3.73. The average molecular weight is 472 g/mol. The van der Waals surface area contributed by atoms with Crippen molar-refractivity contribution in [3.05, 3.63) is 107 Å². The molecule has 5 nitrogen and oxygen atoms in total. The number of nitrogens with zero attached hydrogens (tertiary/aromatic N) is 1. The van der Waals surface area contributed by atoms with Gasteiger partial charge in [0.15, 0.2) is 11.4 Å². The first-order valence-corrected chi connectivity index (χ1v) is 11.3. The molecule has 4 aromatic rings. The molecule has 34 heavy (non-hydrogen) atoms. The molecular weight excluding hydrogens is 450 g/mol. The maximum atomic E-state index is 13.7. The van der Waals surface area contributed by atoms with Crippen molar-refractivity contribution in [2.24, 2.45) is 0 Å². The molecule has 0 saturated heterocycles. The number of benzene rings is 4. The first-order chi connectivity index (χ1) is 16.4. The van der Waals surface area contributed by atoms with Gasteiger partial charge in [-0.15, -0.1) is 0 Å². The molecule has 0 aromatic heterocycles. The highest BCUT2D eigenvalue weighted by Crippen LogP contribution is 2.45. The second-order valence-corrected chi connectivity index (χ2v) is 8.82. The first-order valence-electron chi connectivity index (χ1n) is 10.9. The predicted octanol–water partition coefficient (Wildman–Crippen LogP) is 5.51. The van der Waals surface area contributed by atoms with E-state index in [2.05, 4.69) is 0 Å². The molecule has 1 aliphatic heterocycles. The summed E-state index contributed by atoms with van der Waals surface area (Å²) in [6, 6.07) is 25.4. The number of rotatable bonds is 6. The highest BCUT2D eigenvalue weighted by atomic mass is 35.5. The zero-order valence-corrected chi connectivity index (χ0v) is 19.3. The van der Waals surface area contributed by atoms with Gasteiger partial charge in [-0.25, -0.2) is 0 Å². The zero-order chi connectivity index (χ0) is 23.9. The predicted molar refractivity (Wildman–Crippen MR) is 132 cm³/mol. The standard InChI is InChI=1S/C28H22ClNO4/c1-34-22-12-9-19(10-13-22)26(31)16-28(33)24-15-21(29)11-14-25(24)30(27(28)32)17-20-7-4-6-18-5-2-3-8-23(18)20/h2-15,33H,16-17H2,1H3/t28-/m0/s1. The quantitative estimate of drug-likeness (QED) is 0.376. The van der Waals surface area contributed by atoms with Crippen LogP contribution in [-0.4, -0.2) is 23.9 Å². The van der Waals surface area contributed by atoms with E-state index in [1.807, 2.05) is 42.5 Å². The van der Waals surface area contributed by atoms with Crippen LogP contribution in [0.25, 0.3) is 10.8 Å². The number of hydrogen-bond donors (Lipinski definition) is 1. The average Bonchev–Trinajstić information content (AvgIpc) is 3.05. The molecule has 6 heteroatoms. The van der Waals surface area contributed by atoms with Crippen LogP contribution in [-0.2, 0) is 16.9 Å². The van der Waals surface area contributed by atoms with E-state index >= 15 is 0 Å². The molecule has 0 saturated carbocycles. The Balaban J connectivity index is 1.52. The van der Waals surface area contributed by atoms with Crippen LogP contribution in [0.3, 0.4) is 0 Å². The Morgan fingerprint density at radius 1 is 1.00 bits per heavy atom. The number of amides is 1. The van der Waals surface area contributed by atoms with Crippen LogP contribution in [0.15, 0.2) is 84.9 Å². The minimum absolute atomic E-state index is 0.258. The molecule has 0 bridgehead atoms. The number of Topliss-reactive ketones (excluding diaryl/α,β-unsaturated/α-hetero) is 1. The van der Waals surface area contributed by atoms with E-state index < -0.39 is 17.9 Å². The maximum Gasteiger partial charge on any atom is 0.264 e. The number of ketones is 1. The van der Waals surface area contributed by atoms with Gasteiger partial charge in [0.05, 0.1) is 25.8 Å². The topological polar surface area (TPSA) is 66.8 Å². The minimum Gasteiger partial charge on any atom is -0.497 e. The van der Waals surface area contributed by atoms with Gasteiger partial charge in [0.2, 0.25) is 0 Å². The fourth-order valence-electron chi connectivity index (χ4n) is 4.56. The van der Waals surface area contributed by atoms with Crippen LogP contribution in [0.4, 0.5) is 5.69 Å². The molecule has 1 amide bonds. The Bertz CT molecular complexity index is 1410. The lowest BCUT2D eigenvalue weighted by atomic mass is 9.88. The number of carbonyl (C=O) groups is 2. The summed E-state index contributed by atoms with van der Waals surface area (Å²) < 4.78 is 5.14. The second-order valence-electron chi connectivity index (χ2n) is 8.38. The number of halogens is 1. The Labute approximate surface area is 202 Å². The lowest BCUT2D eigenvalue weighted by molar-refractivity contribution is -0.136. The van der Waals surface area contributed by atoms with Crippen molar-refractivity contribution in [2.45, 2.75) is 18.6 Å². The first kappa shape index (κ1) is 22.1. The van der Waals surface area contributed by atoms with E-state index in [9.17, 15) is 14.7 Å².